The summed E-state index contributed by atoms with van der Waals surface area (Å²) in [5.41, 5.74) is 2.29. The van der Waals surface area contributed by atoms with Gasteiger partial charge in [0.1, 0.15) is 0 Å². The van der Waals surface area contributed by atoms with Crippen molar-refractivity contribution in [3.05, 3.63) is 30.1 Å². The van der Waals surface area contributed by atoms with Gasteiger partial charge in [-0.15, -0.1) is 0 Å². The van der Waals surface area contributed by atoms with Crippen molar-refractivity contribution >= 4 is 11.0 Å². The molecule has 2 rings (SSSR count). The lowest BCUT2D eigenvalue weighted by Crippen LogP contribution is -2.34. The molecule has 2 aromatic rings. The Hall–Kier alpha value is -1.35. The Morgan fingerprint density at radius 3 is 2.57 bits per heavy atom. The molecule has 0 saturated heterocycles. The maximum Gasteiger partial charge on any atom is 0.285 e. The lowest BCUT2D eigenvalue weighted by Gasteiger charge is -1.99. The van der Waals surface area contributed by atoms with Gasteiger partial charge >= 0.3 is 0 Å². The smallest absolute Gasteiger partial charge is 0.285 e. The molecule has 0 saturated carbocycles. The highest BCUT2D eigenvalue weighted by atomic mass is 16.3. The molecule has 0 spiro atoms. The summed E-state index contributed by atoms with van der Waals surface area (Å²) in [6.07, 6.45) is -0.447. The first-order chi connectivity index (χ1) is 6.63. The number of aromatic nitrogens is 2. The molecule has 3 heteroatoms. The molecule has 14 heavy (non-hydrogen) atoms. The Morgan fingerprint density at radius 1 is 1.36 bits per heavy atom. The van der Waals surface area contributed by atoms with Crippen molar-refractivity contribution in [2.24, 2.45) is 14.1 Å². The van der Waals surface area contributed by atoms with Crippen molar-refractivity contribution in [2.45, 2.75) is 13.0 Å². The van der Waals surface area contributed by atoms with Gasteiger partial charge in [-0.2, -0.15) is 0 Å². The van der Waals surface area contributed by atoms with Crippen molar-refractivity contribution < 1.29 is 9.67 Å². The monoisotopic (exact) mass is 191 g/mol. The van der Waals surface area contributed by atoms with Gasteiger partial charge in [0, 0.05) is 0 Å². The lowest BCUT2D eigenvalue weighted by molar-refractivity contribution is -0.657. The number of para-hydroxylation sites is 2. The predicted octanol–water partition coefficient (Wildman–Crippen LogP) is 1.06. The fourth-order valence-corrected chi connectivity index (χ4v) is 2.06. The Kier molecular flexibility index (Phi) is 2.04. The third-order valence-corrected chi connectivity index (χ3v) is 2.67. The zero-order chi connectivity index (χ0) is 10.3. The van der Waals surface area contributed by atoms with Crippen molar-refractivity contribution in [3.8, 4) is 0 Å². The summed E-state index contributed by atoms with van der Waals surface area (Å²) in [4.78, 5) is 0. The molecule has 0 radical (unpaired) electrons. The van der Waals surface area contributed by atoms with E-state index in [9.17, 15) is 5.11 Å². The number of aliphatic hydroxyl groups excluding tert-OH is 1. The molecule has 1 unspecified atom stereocenters. The summed E-state index contributed by atoms with van der Waals surface area (Å²) >= 11 is 0. The van der Waals surface area contributed by atoms with Gasteiger partial charge < -0.3 is 5.11 Å². The number of aryl methyl sites for hydroxylation is 2. The first kappa shape index (κ1) is 9.21. The van der Waals surface area contributed by atoms with E-state index in [0.29, 0.717) is 0 Å². The summed E-state index contributed by atoms with van der Waals surface area (Å²) in [6.45, 7) is 1.79. The Morgan fingerprint density at radius 2 is 2.00 bits per heavy atom. The average molecular weight is 191 g/mol. The van der Waals surface area contributed by atoms with Crippen LogP contribution in [0.3, 0.4) is 0 Å². The van der Waals surface area contributed by atoms with Gasteiger partial charge in [0.05, 0.1) is 14.1 Å². The van der Waals surface area contributed by atoms with E-state index in [1.165, 1.54) is 0 Å². The van der Waals surface area contributed by atoms with Gasteiger partial charge in [-0.3, -0.25) is 0 Å². The fourth-order valence-electron chi connectivity index (χ4n) is 2.06. The highest BCUT2D eigenvalue weighted by Crippen LogP contribution is 2.16. The van der Waals surface area contributed by atoms with E-state index in [1.807, 2.05) is 35.4 Å². The Labute approximate surface area is 83.2 Å². The minimum atomic E-state index is -0.447. The van der Waals surface area contributed by atoms with Crippen LogP contribution in [0.15, 0.2) is 24.3 Å². The minimum absolute atomic E-state index is 0.447. The number of rotatable bonds is 1. The molecule has 0 aliphatic heterocycles. The number of imidazole rings is 1. The Balaban J connectivity index is 2.85. The standard InChI is InChI=1S/C11H15N2O/c1-8(14)11-12(2)9-6-4-5-7-10(9)13(11)3/h4-8,14H,1-3H3/q+1. The fraction of sp³-hybridized carbons (Fsp3) is 0.364. The lowest BCUT2D eigenvalue weighted by atomic mass is 10.3. The zero-order valence-electron chi connectivity index (χ0n) is 8.73. The van der Waals surface area contributed by atoms with Gasteiger partial charge in [0.25, 0.3) is 5.82 Å². The second-order valence-corrected chi connectivity index (χ2v) is 3.64. The highest BCUT2D eigenvalue weighted by molar-refractivity contribution is 5.72. The van der Waals surface area contributed by atoms with Crippen LogP contribution < -0.4 is 4.57 Å². The minimum Gasteiger partial charge on any atom is -0.381 e. The van der Waals surface area contributed by atoms with Gasteiger partial charge in [0.15, 0.2) is 17.1 Å². The molecule has 1 heterocycles. The summed E-state index contributed by atoms with van der Waals surface area (Å²) in [7, 11) is 3.95. The summed E-state index contributed by atoms with van der Waals surface area (Å²) in [5, 5.41) is 9.64. The number of benzene rings is 1. The van der Waals surface area contributed by atoms with Crippen LogP contribution in [0, 0.1) is 0 Å². The van der Waals surface area contributed by atoms with Crippen LogP contribution in [0.1, 0.15) is 18.9 Å². The second-order valence-electron chi connectivity index (χ2n) is 3.64. The zero-order valence-corrected chi connectivity index (χ0v) is 8.73. The third-order valence-electron chi connectivity index (χ3n) is 2.67. The number of hydrogen-bond acceptors (Lipinski definition) is 1. The van der Waals surface area contributed by atoms with Gasteiger partial charge in [0.2, 0.25) is 0 Å². The molecule has 0 aliphatic rings. The molecular weight excluding hydrogens is 176 g/mol. The first-order valence-electron chi connectivity index (χ1n) is 4.74. The molecule has 0 bridgehead atoms. The maximum atomic E-state index is 9.64. The van der Waals surface area contributed by atoms with Crippen LogP contribution in [0.5, 0.6) is 0 Å². The van der Waals surface area contributed by atoms with Crippen LogP contribution in [0.2, 0.25) is 0 Å². The van der Waals surface area contributed by atoms with E-state index in [0.717, 1.165) is 16.9 Å². The SMILES string of the molecule is CC(O)c1n(C)c2ccccc2[n+]1C. The molecule has 0 amide bonds. The second kappa shape index (κ2) is 3.10. The van der Waals surface area contributed by atoms with E-state index < -0.39 is 6.10 Å². The van der Waals surface area contributed by atoms with Crippen LogP contribution in [0.4, 0.5) is 0 Å². The van der Waals surface area contributed by atoms with Gasteiger partial charge in [-0.1, -0.05) is 12.1 Å². The molecule has 1 atom stereocenters. The summed E-state index contributed by atoms with van der Waals surface area (Å²) in [5.74, 6) is 0.922. The number of fused-ring (bicyclic) bond motifs is 1. The molecular formula is C11H15N2O+. The van der Waals surface area contributed by atoms with Crippen molar-refractivity contribution in [1.29, 1.82) is 0 Å². The molecule has 1 aromatic carbocycles. The van der Waals surface area contributed by atoms with E-state index in [1.54, 1.807) is 6.92 Å². The predicted molar refractivity (Wildman–Crippen MR) is 54.7 cm³/mol. The van der Waals surface area contributed by atoms with Crippen LogP contribution >= 0.6 is 0 Å². The van der Waals surface area contributed by atoms with Crippen LogP contribution in [0.25, 0.3) is 11.0 Å². The summed E-state index contributed by atoms with van der Waals surface area (Å²) < 4.78 is 4.06. The molecule has 1 aromatic heterocycles. The summed E-state index contributed by atoms with van der Waals surface area (Å²) in [6, 6.07) is 8.13. The molecule has 0 fully saturated rings. The van der Waals surface area contributed by atoms with Crippen molar-refractivity contribution in [1.82, 2.24) is 4.57 Å². The highest BCUT2D eigenvalue weighted by Gasteiger charge is 2.22. The van der Waals surface area contributed by atoms with E-state index >= 15 is 0 Å². The largest absolute Gasteiger partial charge is 0.381 e. The van der Waals surface area contributed by atoms with E-state index in [2.05, 4.69) is 12.1 Å². The molecule has 1 N–H and O–H groups in total. The third kappa shape index (κ3) is 1.13. The molecule has 3 nitrogen and oxygen atoms in total. The molecule has 0 aliphatic carbocycles. The van der Waals surface area contributed by atoms with Crippen LogP contribution in [-0.2, 0) is 14.1 Å². The van der Waals surface area contributed by atoms with Crippen molar-refractivity contribution in [3.63, 3.8) is 0 Å². The Bertz CT molecular complexity index is 432. The maximum absolute atomic E-state index is 9.64. The van der Waals surface area contributed by atoms with Gasteiger partial charge in [-0.25, -0.2) is 9.13 Å². The van der Waals surface area contributed by atoms with Crippen molar-refractivity contribution in [2.75, 3.05) is 0 Å². The first-order valence-corrected chi connectivity index (χ1v) is 4.74. The number of hydrogen-bond donors (Lipinski definition) is 1. The normalized spacial score (nSPS) is 13.4. The molecule has 74 valence electrons. The van der Waals surface area contributed by atoms with E-state index in [4.69, 9.17) is 0 Å². The quantitative estimate of drug-likeness (QED) is 0.671. The topological polar surface area (TPSA) is 29.0 Å². The van der Waals surface area contributed by atoms with Crippen LogP contribution in [-0.4, -0.2) is 9.67 Å². The van der Waals surface area contributed by atoms with Gasteiger partial charge in [-0.05, 0) is 19.1 Å². The average Bonchev–Trinajstić information content (AvgIpc) is 2.41. The van der Waals surface area contributed by atoms with E-state index in [-0.39, 0.29) is 0 Å². The number of aliphatic hydroxyl groups is 1. The number of nitrogens with zero attached hydrogens (tertiary/aromatic N) is 2.